The molecule has 0 spiro atoms. The van der Waals surface area contributed by atoms with Crippen molar-refractivity contribution in [2.75, 3.05) is 0 Å². The first-order chi connectivity index (χ1) is 11.5. The third-order valence-electron chi connectivity index (χ3n) is 3.88. The van der Waals surface area contributed by atoms with Gasteiger partial charge in [-0.1, -0.05) is 30.3 Å². The summed E-state index contributed by atoms with van der Waals surface area (Å²) in [6.45, 7) is 1.82. The van der Waals surface area contributed by atoms with Crippen molar-refractivity contribution in [1.82, 2.24) is 15.1 Å². The second-order valence-electron chi connectivity index (χ2n) is 5.57. The van der Waals surface area contributed by atoms with Crippen molar-refractivity contribution in [3.8, 4) is 0 Å². The molecule has 0 aliphatic heterocycles. The lowest BCUT2D eigenvalue weighted by atomic mass is 10.1. The van der Waals surface area contributed by atoms with Gasteiger partial charge in [-0.15, -0.1) is 0 Å². The van der Waals surface area contributed by atoms with Gasteiger partial charge < -0.3 is 5.32 Å². The summed E-state index contributed by atoms with van der Waals surface area (Å²) in [5.74, 6) is -1.12. The van der Waals surface area contributed by atoms with Gasteiger partial charge in [-0.3, -0.25) is 14.3 Å². The fourth-order valence-electron chi connectivity index (χ4n) is 2.59. The Balaban J connectivity index is 1.98. The summed E-state index contributed by atoms with van der Waals surface area (Å²) in [6.07, 6.45) is 0. The van der Waals surface area contributed by atoms with E-state index in [1.165, 1.54) is 16.8 Å². The largest absolute Gasteiger partial charge is 0.344 e. The number of fused-ring (bicyclic) bond motifs is 1. The molecule has 3 rings (SSSR count). The zero-order chi connectivity index (χ0) is 17.3. The monoisotopic (exact) mass is 325 g/mol. The minimum atomic E-state index is -0.585. The van der Waals surface area contributed by atoms with Crippen LogP contribution < -0.4 is 10.7 Å². The van der Waals surface area contributed by atoms with Gasteiger partial charge in [0.05, 0.1) is 16.9 Å². The van der Waals surface area contributed by atoms with Gasteiger partial charge >= 0.3 is 0 Å². The van der Waals surface area contributed by atoms with E-state index in [9.17, 15) is 14.0 Å². The second kappa shape index (κ2) is 6.23. The molecule has 0 aliphatic rings. The normalized spacial score (nSPS) is 12.1. The molecule has 2 aromatic carbocycles. The third-order valence-corrected chi connectivity index (χ3v) is 3.88. The van der Waals surface area contributed by atoms with E-state index in [0.717, 1.165) is 11.6 Å². The summed E-state index contributed by atoms with van der Waals surface area (Å²) in [5.41, 5.74) is 0.544. The van der Waals surface area contributed by atoms with Gasteiger partial charge in [0.1, 0.15) is 5.82 Å². The van der Waals surface area contributed by atoms with Crippen LogP contribution in [0.4, 0.5) is 4.39 Å². The molecular weight excluding hydrogens is 309 g/mol. The maximum atomic E-state index is 13.4. The van der Waals surface area contributed by atoms with Gasteiger partial charge in [0.25, 0.3) is 5.91 Å². The molecule has 5 nitrogen and oxygen atoms in total. The predicted octanol–water partition coefficient (Wildman–Crippen LogP) is 2.56. The highest BCUT2D eigenvalue weighted by Gasteiger charge is 2.19. The van der Waals surface area contributed by atoms with Crippen LogP contribution in [-0.2, 0) is 7.05 Å². The molecular formula is C18H16FN3O2. The van der Waals surface area contributed by atoms with Gasteiger partial charge in [-0.25, -0.2) is 4.39 Å². The van der Waals surface area contributed by atoms with Gasteiger partial charge in [-0.2, -0.15) is 5.10 Å². The van der Waals surface area contributed by atoms with E-state index >= 15 is 0 Å². The van der Waals surface area contributed by atoms with Crippen LogP contribution in [0.1, 0.15) is 29.0 Å². The van der Waals surface area contributed by atoms with Crippen molar-refractivity contribution in [3.63, 3.8) is 0 Å². The maximum Gasteiger partial charge on any atom is 0.276 e. The van der Waals surface area contributed by atoms with Crippen molar-refractivity contribution in [2.45, 2.75) is 13.0 Å². The van der Waals surface area contributed by atoms with Crippen molar-refractivity contribution in [1.29, 1.82) is 0 Å². The molecule has 1 aromatic heterocycles. The van der Waals surface area contributed by atoms with E-state index in [0.29, 0.717) is 5.52 Å². The molecule has 1 unspecified atom stereocenters. The first-order valence-corrected chi connectivity index (χ1v) is 7.50. The van der Waals surface area contributed by atoms with Crippen LogP contribution in [0.3, 0.4) is 0 Å². The molecule has 6 heteroatoms. The van der Waals surface area contributed by atoms with Crippen LogP contribution in [-0.4, -0.2) is 15.7 Å². The molecule has 0 fully saturated rings. The van der Waals surface area contributed by atoms with E-state index in [1.54, 1.807) is 7.05 Å². The van der Waals surface area contributed by atoms with Crippen LogP contribution in [0.2, 0.25) is 0 Å². The molecule has 0 saturated heterocycles. The average Bonchev–Trinajstić information content (AvgIpc) is 2.58. The van der Waals surface area contributed by atoms with E-state index in [-0.39, 0.29) is 17.1 Å². The SMILES string of the molecule is CC(NC(=O)c1nn(C)c2ccc(F)cc2c1=O)c1ccccc1. The minimum absolute atomic E-state index is 0.130. The zero-order valence-corrected chi connectivity index (χ0v) is 13.3. The summed E-state index contributed by atoms with van der Waals surface area (Å²) >= 11 is 0. The molecule has 1 atom stereocenters. The highest BCUT2D eigenvalue weighted by atomic mass is 19.1. The lowest BCUT2D eigenvalue weighted by Gasteiger charge is -2.14. The fourth-order valence-corrected chi connectivity index (χ4v) is 2.59. The number of rotatable bonds is 3. The first kappa shape index (κ1) is 15.9. The number of aromatic nitrogens is 2. The zero-order valence-electron chi connectivity index (χ0n) is 13.3. The van der Waals surface area contributed by atoms with Gasteiger partial charge in [0.15, 0.2) is 5.69 Å². The number of amides is 1. The smallest absolute Gasteiger partial charge is 0.276 e. The lowest BCUT2D eigenvalue weighted by molar-refractivity contribution is 0.0932. The molecule has 1 N–H and O–H groups in total. The van der Waals surface area contributed by atoms with Crippen molar-refractivity contribution in [3.05, 3.63) is 75.8 Å². The summed E-state index contributed by atoms with van der Waals surface area (Å²) in [4.78, 5) is 24.9. The van der Waals surface area contributed by atoms with Crippen molar-refractivity contribution < 1.29 is 9.18 Å². The predicted molar refractivity (Wildman–Crippen MR) is 89.3 cm³/mol. The standard InChI is InChI=1S/C18H16FN3O2/c1-11(12-6-4-3-5-7-12)20-18(24)16-17(23)14-10-13(19)8-9-15(14)22(2)21-16/h3-11H,1-2H3,(H,20,24). The van der Waals surface area contributed by atoms with Crippen molar-refractivity contribution >= 4 is 16.8 Å². The van der Waals surface area contributed by atoms with Crippen LogP contribution >= 0.6 is 0 Å². The number of aryl methyl sites for hydroxylation is 1. The fraction of sp³-hybridized carbons (Fsp3) is 0.167. The van der Waals surface area contributed by atoms with Gasteiger partial charge in [0, 0.05) is 7.05 Å². The van der Waals surface area contributed by atoms with E-state index in [1.807, 2.05) is 37.3 Å². The number of nitrogens with one attached hydrogen (secondary N) is 1. The Morgan fingerprint density at radius 3 is 2.62 bits per heavy atom. The van der Waals surface area contributed by atoms with Crippen LogP contribution in [0.25, 0.3) is 10.9 Å². The molecule has 1 heterocycles. The number of halogens is 1. The highest BCUT2D eigenvalue weighted by molar-refractivity contribution is 5.95. The number of carbonyl (C=O) groups is 1. The third kappa shape index (κ3) is 2.90. The number of hydrogen-bond acceptors (Lipinski definition) is 3. The summed E-state index contributed by atoms with van der Waals surface area (Å²) in [6, 6.07) is 12.9. The molecule has 122 valence electrons. The summed E-state index contributed by atoms with van der Waals surface area (Å²) in [5, 5.41) is 6.93. The van der Waals surface area contributed by atoms with E-state index in [4.69, 9.17) is 0 Å². The number of carbonyl (C=O) groups excluding carboxylic acids is 1. The molecule has 0 bridgehead atoms. The van der Waals surface area contributed by atoms with Crippen molar-refractivity contribution in [2.24, 2.45) is 7.05 Å². The van der Waals surface area contributed by atoms with Crippen LogP contribution in [0.15, 0.2) is 53.3 Å². The van der Waals surface area contributed by atoms with E-state index in [2.05, 4.69) is 10.4 Å². The molecule has 0 aliphatic carbocycles. The van der Waals surface area contributed by atoms with E-state index < -0.39 is 17.2 Å². The topological polar surface area (TPSA) is 64.0 Å². The summed E-state index contributed by atoms with van der Waals surface area (Å²) in [7, 11) is 1.61. The Morgan fingerprint density at radius 2 is 1.92 bits per heavy atom. The van der Waals surface area contributed by atoms with Gasteiger partial charge in [-0.05, 0) is 30.7 Å². The Labute approximate surface area is 137 Å². The number of nitrogens with zero attached hydrogens (tertiary/aromatic N) is 2. The average molecular weight is 325 g/mol. The molecule has 24 heavy (non-hydrogen) atoms. The first-order valence-electron chi connectivity index (χ1n) is 7.50. The minimum Gasteiger partial charge on any atom is -0.344 e. The summed E-state index contributed by atoms with van der Waals surface area (Å²) < 4.78 is 14.8. The highest BCUT2D eigenvalue weighted by Crippen LogP contribution is 2.13. The Morgan fingerprint density at radius 1 is 1.21 bits per heavy atom. The van der Waals surface area contributed by atoms with Gasteiger partial charge in [0.2, 0.25) is 5.43 Å². The van der Waals surface area contributed by atoms with Crippen LogP contribution in [0.5, 0.6) is 0 Å². The Bertz CT molecular complexity index is 967. The maximum absolute atomic E-state index is 13.4. The quantitative estimate of drug-likeness (QED) is 0.805. The second-order valence-corrected chi connectivity index (χ2v) is 5.57. The lowest BCUT2D eigenvalue weighted by Crippen LogP contribution is -2.33. The molecule has 1 amide bonds. The Hall–Kier alpha value is -3.02. The molecule has 0 saturated carbocycles. The molecule has 0 radical (unpaired) electrons. The molecule has 3 aromatic rings. The van der Waals surface area contributed by atoms with Crippen LogP contribution in [0, 0.1) is 5.82 Å². The number of benzene rings is 2. The Kier molecular flexibility index (Phi) is 4.12. The number of hydrogen-bond donors (Lipinski definition) is 1.